The number of benzene rings is 1. The smallest absolute Gasteiger partial charge is 0.253 e. The predicted molar refractivity (Wildman–Crippen MR) is 79.5 cm³/mol. The van der Waals surface area contributed by atoms with E-state index < -0.39 is 0 Å². The van der Waals surface area contributed by atoms with Crippen molar-refractivity contribution in [1.82, 2.24) is 5.32 Å². The maximum atomic E-state index is 12.5. The molecule has 3 N–H and O–H groups in total. The molecule has 0 bridgehead atoms. The number of carbonyl (C=O) groups excluding carboxylic acids is 1. The zero-order chi connectivity index (χ0) is 14.0. The van der Waals surface area contributed by atoms with Crippen molar-refractivity contribution < 1.29 is 4.79 Å². The second-order valence-corrected chi connectivity index (χ2v) is 5.89. The molecule has 1 aliphatic rings. The van der Waals surface area contributed by atoms with Crippen molar-refractivity contribution in [2.24, 2.45) is 0 Å². The average Bonchev–Trinajstić information content (AvgIpc) is 2.75. The van der Waals surface area contributed by atoms with Gasteiger partial charge in [0, 0.05) is 31.0 Å². The summed E-state index contributed by atoms with van der Waals surface area (Å²) in [6, 6.07) is 5.47. The Balaban J connectivity index is 2.25. The Hall–Kier alpha value is -1.71. The molecule has 0 atom stereocenters. The zero-order valence-electron chi connectivity index (χ0n) is 12.0. The molecule has 0 aliphatic heterocycles. The van der Waals surface area contributed by atoms with Crippen LogP contribution in [0.1, 0.15) is 43.0 Å². The van der Waals surface area contributed by atoms with Gasteiger partial charge in [0.2, 0.25) is 0 Å². The summed E-state index contributed by atoms with van der Waals surface area (Å²) in [6.45, 7) is 2.12. The van der Waals surface area contributed by atoms with Crippen LogP contribution in [-0.4, -0.2) is 25.5 Å². The summed E-state index contributed by atoms with van der Waals surface area (Å²) >= 11 is 0. The molecule has 0 saturated heterocycles. The minimum Gasteiger partial charge on any atom is -0.399 e. The average molecular weight is 261 g/mol. The highest BCUT2D eigenvalue weighted by Gasteiger charge is 2.31. The van der Waals surface area contributed by atoms with E-state index in [1.807, 2.05) is 31.1 Å². The molecule has 104 valence electrons. The van der Waals surface area contributed by atoms with Crippen LogP contribution in [0.5, 0.6) is 0 Å². The molecular formula is C15H23N3O. The highest BCUT2D eigenvalue weighted by molar-refractivity contribution is 6.01. The Bertz CT molecular complexity index is 476. The van der Waals surface area contributed by atoms with Gasteiger partial charge in [0.25, 0.3) is 5.91 Å². The normalized spacial score (nSPS) is 17.2. The van der Waals surface area contributed by atoms with Crippen LogP contribution < -0.4 is 16.0 Å². The largest absolute Gasteiger partial charge is 0.399 e. The lowest BCUT2D eigenvalue weighted by Crippen LogP contribution is -2.44. The van der Waals surface area contributed by atoms with Gasteiger partial charge in [0.15, 0.2) is 0 Å². The van der Waals surface area contributed by atoms with E-state index in [0.717, 1.165) is 18.5 Å². The van der Waals surface area contributed by atoms with E-state index >= 15 is 0 Å². The number of nitrogens with one attached hydrogen (secondary N) is 1. The van der Waals surface area contributed by atoms with Crippen LogP contribution in [0.2, 0.25) is 0 Å². The summed E-state index contributed by atoms with van der Waals surface area (Å²) in [5.41, 5.74) is 7.91. The number of carbonyl (C=O) groups is 1. The first kappa shape index (κ1) is 13.7. The van der Waals surface area contributed by atoms with Crippen molar-refractivity contribution in [3.63, 3.8) is 0 Å². The minimum absolute atomic E-state index is 0.0274. The van der Waals surface area contributed by atoms with E-state index in [1.165, 1.54) is 12.8 Å². The number of amides is 1. The fraction of sp³-hybridized carbons (Fsp3) is 0.533. The highest BCUT2D eigenvalue weighted by atomic mass is 16.1. The van der Waals surface area contributed by atoms with Crippen LogP contribution in [0.3, 0.4) is 0 Å². The molecule has 0 heterocycles. The third-order valence-electron chi connectivity index (χ3n) is 3.87. The van der Waals surface area contributed by atoms with Gasteiger partial charge in [-0.3, -0.25) is 4.79 Å². The molecule has 4 heteroatoms. The Morgan fingerprint density at radius 1 is 1.32 bits per heavy atom. The van der Waals surface area contributed by atoms with E-state index in [1.54, 1.807) is 6.07 Å². The Morgan fingerprint density at radius 2 is 1.95 bits per heavy atom. The van der Waals surface area contributed by atoms with Gasteiger partial charge in [-0.25, -0.2) is 0 Å². The van der Waals surface area contributed by atoms with Gasteiger partial charge >= 0.3 is 0 Å². The summed E-state index contributed by atoms with van der Waals surface area (Å²) in [7, 11) is 3.86. The second kappa shape index (κ2) is 5.11. The molecule has 2 rings (SSSR count). The quantitative estimate of drug-likeness (QED) is 0.821. The molecule has 19 heavy (non-hydrogen) atoms. The van der Waals surface area contributed by atoms with E-state index in [9.17, 15) is 4.79 Å². The number of hydrogen-bond acceptors (Lipinski definition) is 3. The summed E-state index contributed by atoms with van der Waals surface area (Å²) < 4.78 is 0. The predicted octanol–water partition coefficient (Wildman–Crippen LogP) is 2.40. The van der Waals surface area contributed by atoms with Crippen LogP contribution >= 0.6 is 0 Å². The topological polar surface area (TPSA) is 58.4 Å². The third-order valence-corrected chi connectivity index (χ3v) is 3.87. The van der Waals surface area contributed by atoms with E-state index in [-0.39, 0.29) is 11.4 Å². The Morgan fingerprint density at radius 3 is 2.53 bits per heavy atom. The van der Waals surface area contributed by atoms with Gasteiger partial charge < -0.3 is 16.0 Å². The molecule has 0 aromatic heterocycles. The molecular weight excluding hydrogens is 238 g/mol. The lowest BCUT2D eigenvalue weighted by Gasteiger charge is -2.27. The second-order valence-electron chi connectivity index (χ2n) is 5.89. The molecule has 1 amide bonds. The number of anilines is 2. The van der Waals surface area contributed by atoms with Crippen LogP contribution in [0.15, 0.2) is 18.2 Å². The standard InChI is InChI=1S/C15H23N3O/c1-15(8-4-5-9-15)17-14(19)12-10-11(16)6-7-13(12)18(2)3/h6-7,10H,4-5,8-9,16H2,1-3H3,(H,17,19). The molecule has 0 spiro atoms. The van der Waals surface area contributed by atoms with Gasteiger partial charge in [-0.05, 0) is 38.0 Å². The summed E-state index contributed by atoms with van der Waals surface area (Å²) in [5.74, 6) is -0.0274. The van der Waals surface area contributed by atoms with Crippen LogP contribution in [0.4, 0.5) is 11.4 Å². The Labute approximate surface area is 115 Å². The van der Waals surface area contributed by atoms with E-state index in [2.05, 4.69) is 12.2 Å². The molecule has 1 aromatic carbocycles. The monoisotopic (exact) mass is 261 g/mol. The first-order chi connectivity index (χ1) is 8.91. The van der Waals surface area contributed by atoms with Crippen LogP contribution in [0.25, 0.3) is 0 Å². The van der Waals surface area contributed by atoms with Gasteiger partial charge in [0.1, 0.15) is 0 Å². The summed E-state index contributed by atoms with van der Waals surface area (Å²) in [6.07, 6.45) is 4.49. The van der Waals surface area contributed by atoms with Gasteiger partial charge in [-0.1, -0.05) is 12.8 Å². The van der Waals surface area contributed by atoms with Crippen molar-refractivity contribution in [3.05, 3.63) is 23.8 Å². The zero-order valence-corrected chi connectivity index (χ0v) is 12.0. The minimum atomic E-state index is -0.0642. The van der Waals surface area contributed by atoms with E-state index in [4.69, 9.17) is 5.73 Å². The Kier molecular flexibility index (Phi) is 3.69. The van der Waals surface area contributed by atoms with Crippen molar-refractivity contribution in [1.29, 1.82) is 0 Å². The van der Waals surface area contributed by atoms with Crippen LogP contribution in [0, 0.1) is 0 Å². The molecule has 4 nitrogen and oxygen atoms in total. The van der Waals surface area contributed by atoms with Crippen molar-refractivity contribution in [2.75, 3.05) is 24.7 Å². The number of nitrogens with zero attached hydrogens (tertiary/aromatic N) is 1. The highest BCUT2D eigenvalue weighted by Crippen LogP contribution is 2.30. The molecule has 1 saturated carbocycles. The van der Waals surface area contributed by atoms with Crippen molar-refractivity contribution in [3.8, 4) is 0 Å². The van der Waals surface area contributed by atoms with Gasteiger partial charge in [0.05, 0.1) is 5.56 Å². The first-order valence-corrected chi connectivity index (χ1v) is 6.81. The molecule has 1 fully saturated rings. The summed E-state index contributed by atoms with van der Waals surface area (Å²) in [4.78, 5) is 14.4. The lowest BCUT2D eigenvalue weighted by molar-refractivity contribution is 0.0908. The van der Waals surface area contributed by atoms with Crippen molar-refractivity contribution >= 4 is 17.3 Å². The third kappa shape index (κ3) is 3.00. The van der Waals surface area contributed by atoms with Gasteiger partial charge in [-0.15, -0.1) is 0 Å². The molecule has 1 aromatic rings. The SMILES string of the molecule is CN(C)c1ccc(N)cc1C(=O)NC1(C)CCCC1. The van der Waals surface area contributed by atoms with Crippen LogP contribution in [-0.2, 0) is 0 Å². The maximum Gasteiger partial charge on any atom is 0.253 e. The number of rotatable bonds is 3. The molecule has 0 radical (unpaired) electrons. The number of hydrogen-bond donors (Lipinski definition) is 2. The first-order valence-electron chi connectivity index (χ1n) is 6.81. The number of nitrogens with two attached hydrogens (primary N) is 1. The summed E-state index contributed by atoms with van der Waals surface area (Å²) in [5, 5.41) is 3.17. The van der Waals surface area contributed by atoms with Crippen molar-refractivity contribution in [2.45, 2.75) is 38.1 Å². The lowest BCUT2D eigenvalue weighted by atomic mass is 9.99. The van der Waals surface area contributed by atoms with E-state index in [0.29, 0.717) is 11.3 Å². The maximum absolute atomic E-state index is 12.5. The fourth-order valence-corrected chi connectivity index (χ4v) is 2.75. The molecule has 0 unspecified atom stereocenters. The fourth-order valence-electron chi connectivity index (χ4n) is 2.75. The number of nitrogen functional groups attached to an aromatic ring is 1. The molecule has 1 aliphatic carbocycles. The van der Waals surface area contributed by atoms with Gasteiger partial charge in [-0.2, -0.15) is 0 Å².